The van der Waals surface area contributed by atoms with Crippen molar-refractivity contribution < 1.29 is 4.79 Å². The van der Waals surface area contributed by atoms with Crippen molar-refractivity contribution in [2.45, 2.75) is 32.1 Å². The Kier molecular flexibility index (Phi) is 4.33. The Hall–Kier alpha value is -1.61. The number of piperidine rings is 1. The first kappa shape index (κ1) is 16.3. The minimum absolute atomic E-state index is 0.0606. The topological polar surface area (TPSA) is 23.6 Å². The molecule has 1 aliphatic heterocycles. The Labute approximate surface area is 140 Å². The Bertz CT molecular complexity index is 622. The molecule has 124 valence electrons. The summed E-state index contributed by atoms with van der Waals surface area (Å²) in [5, 5.41) is 0. The summed E-state index contributed by atoms with van der Waals surface area (Å²) < 4.78 is 0. The number of hydrogen-bond acceptors (Lipinski definition) is 2. The zero-order chi connectivity index (χ0) is 16.6. The highest BCUT2D eigenvalue weighted by molar-refractivity contribution is 6.21. The fourth-order valence-corrected chi connectivity index (χ4v) is 4.07. The van der Waals surface area contributed by atoms with Gasteiger partial charge in [0.15, 0.2) is 0 Å². The van der Waals surface area contributed by atoms with Crippen molar-refractivity contribution in [3.8, 4) is 0 Å². The van der Waals surface area contributed by atoms with E-state index in [9.17, 15) is 4.79 Å². The molecule has 1 aromatic rings. The molecular formula is C20H28N2O. The molecule has 3 nitrogen and oxygen atoms in total. The standard InChI is InChI=1S/C20H28N2O/c1-15(2)14-22-11-9-20(10-12-22)13-17(19(23)21(3)4)16-7-5-6-8-18(16)20/h5-8,13,15H,9-12,14H2,1-4H3. The third-order valence-electron chi connectivity index (χ3n) is 5.18. The third-order valence-corrected chi connectivity index (χ3v) is 5.18. The van der Waals surface area contributed by atoms with Gasteiger partial charge in [0.1, 0.15) is 0 Å². The smallest absolute Gasteiger partial charge is 0.253 e. The zero-order valence-corrected chi connectivity index (χ0v) is 14.8. The number of nitrogens with zero attached hydrogens (tertiary/aromatic N) is 2. The molecule has 0 aromatic heterocycles. The number of benzene rings is 1. The van der Waals surface area contributed by atoms with Crippen LogP contribution in [-0.2, 0) is 10.2 Å². The predicted octanol–water partition coefficient (Wildman–Crippen LogP) is 3.16. The number of likely N-dealkylation sites (tertiary alicyclic amines) is 1. The molecule has 2 aliphatic rings. The minimum Gasteiger partial charge on any atom is -0.345 e. The van der Waals surface area contributed by atoms with Gasteiger partial charge in [0, 0.05) is 31.6 Å². The number of hydrogen-bond donors (Lipinski definition) is 0. The van der Waals surface area contributed by atoms with Crippen molar-refractivity contribution in [3.63, 3.8) is 0 Å². The molecule has 3 heteroatoms. The fourth-order valence-electron chi connectivity index (χ4n) is 4.07. The summed E-state index contributed by atoms with van der Waals surface area (Å²) >= 11 is 0. The second-order valence-corrected chi connectivity index (χ2v) is 7.65. The second-order valence-electron chi connectivity index (χ2n) is 7.65. The van der Waals surface area contributed by atoms with E-state index in [1.165, 1.54) is 12.1 Å². The van der Waals surface area contributed by atoms with Crippen molar-refractivity contribution in [2.24, 2.45) is 5.92 Å². The van der Waals surface area contributed by atoms with E-state index >= 15 is 0 Å². The van der Waals surface area contributed by atoms with Crippen LogP contribution in [0, 0.1) is 5.92 Å². The normalized spacial score (nSPS) is 19.8. The summed E-state index contributed by atoms with van der Waals surface area (Å²) in [5.74, 6) is 0.834. The van der Waals surface area contributed by atoms with E-state index in [0.29, 0.717) is 5.92 Å². The van der Waals surface area contributed by atoms with E-state index in [1.807, 2.05) is 20.2 Å². The van der Waals surface area contributed by atoms with Crippen molar-refractivity contribution in [1.29, 1.82) is 0 Å². The van der Waals surface area contributed by atoms with Gasteiger partial charge in [-0.2, -0.15) is 0 Å². The van der Waals surface area contributed by atoms with Crippen molar-refractivity contribution in [2.75, 3.05) is 33.7 Å². The van der Waals surface area contributed by atoms with Gasteiger partial charge in [-0.15, -0.1) is 0 Å². The van der Waals surface area contributed by atoms with Crippen LogP contribution in [0.2, 0.25) is 0 Å². The van der Waals surface area contributed by atoms with Crippen LogP contribution in [0.3, 0.4) is 0 Å². The molecule has 1 fully saturated rings. The van der Waals surface area contributed by atoms with Gasteiger partial charge < -0.3 is 9.80 Å². The molecule has 1 aliphatic carbocycles. The Morgan fingerprint density at radius 2 is 1.87 bits per heavy atom. The fraction of sp³-hybridized carbons (Fsp3) is 0.550. The number of fused-ring (bicyclic) bond motifs is 2. The largest absolute Gasteiger partial charge is 0.345 e. The van der Waals surface area contributed by atoms with E-state index in [2.05, 4.69) is 43.0 Å². The van der Waals surface area contributed by atoms with Crippen LogP contribution in [0.1, 0.15) is 37.8 Å². The van der Waals surface area contributed by atoms with E-state index < -0.39 is 0 Å². The van der Waals surface area contributed by atoms with Gasteiger partial charge in [-0.3, -0.25) is 4.79 Å². The van der Waals surface area contributed by atoms with Gasteiger partial charge in [0.2, 0.25) is 0 Å². The summed E-state index contributed by atoms with van der Waals surface area (Å²) in [7, 11) is 3.67. The van der Waals surface area contributed by atoms with E-state index in [4.69, 9.17) is 0 Å². The molecule has 1 amide bonds. The quantitative estimate of drug-likeness (QED) is 0.856. The average molecular weight is 312 g/mol. The molecule has 3 rings (SSSR count). The lowest BCUT2D eigenvalue weighted by molar-refractivity contribution is -0.122. The van der Waals surface area contributed by atoms with Crippen LogP contribution >= 0.6 is 0 Å². The van der Waals surface area contributed by atoms with Gasteiger partial charge in [0.05, 0.1) is 0 Å². The highest BCUT2D eigenvalue weighted by Gasteiger charge is 2.42. The van der Waals surface area contributed by atoms with Crippen LogP contribution in [-0.4, -0.2) is 49.4 Å². The number of likely N-dealkylation sites (N-methyl/N-ethyl adjacent to an activating group) is 1. The van der Waals surface area contributed by atoms with Crippen LogP contribution in [0.25, 0.3) is 5.57 Å². The number of rotatable bonds is 3. The maximum atomic E-state index is 12.6. The summed E-state index contributed by atoms with van der Waals surface area (Å²) in [6, 6.07) is 8.48. The highest BCUT2D eigenvalue weighted by Crippen LogP contribution is 2.47. The highest BCUT2D eigenvalue weighted by atomic mass is 16.2. The Morgan fingerprint density at radius 3 is 2.48 bits per heavy atom. The van der Waals surface area contributed by atoms with Crippen LogP contribution in [0.4, 0.5) is 0 Å². The average Bonchev–Trinajstić information content (AvgIpc) is 2.84. The lowest BCUT2D eigenvalue weighted by Crippen LogP contribution is -2.42. The van der Waals surface area contributed by atoms with Gasteiger partial charge in [-0.05, 0) is 43.0 Å². The molecule has 23 heavy (non-hydrogen) atoms. The van der Waals surface area contributed by atoms with Gasteiger partial charge in [-0.1, -0.05) is 44.2 Å². The molecule has 0 unspecified atom stereocenters. The van der Waals surface area contributed by atoms with E-state index in [1.54, 1.807) is 4.90 Å². The number of carbonyl (C=O) groups excluding carboxylic acids is 1. The van der Waals surface area contributed by atoms with E-state index in [0.717, 1.165) is 37.1 Å². The number of amides is 1. The zero-order valence-electron chi connectivity index (χ0n) is 14.8. The lowest BCUT2D eigenvalue weighted by atomic mass is 9.74. The summed E-state index contributed by atoms with van der Waals surface area (Å²) in [6.45, 7) is 7.97. The monoisotopic (exact) mass is 312 g/mol. The molecule has 1 spiro atoms. The first-order chi connectivity index (χ1) is 10.9. The Morgan fingerprint density at radius 1 is 1.22 bits per heavy atom. The molecule has 1 heterocycles. The first-order valence-corrected chi connectivity index (χ1v) is 8.70. The molecule has 0 N–H and O–H groups in total. The summed E-state index contributed by atoms with van der Waals surface area (Å²) in [6.07, 6.45) is 4.49. The number of carbonyl (C=O) groups is 1. The third kappa shape index (κ3) is 2.94. The lowest BCUT2D eigenvalue weighted by Gasteiger charge is -2.39. The molecule has 0 atom stereocenters. The maximum Gasteiger partial charge on any atom is 0.253 e. The first-order valence-electron chi connectivity index (χ1n) is 8.70. The predicted molar refractivity (Wildman–Crippen MR) is 95.3 cm³/mol. The van der Waals surface area contributed by atoms with Crippen LogP contribution in [0.15, 0.2) is 30.3 Å². The van der Waals surface area contributed by atoms with Gasteiger partial charge >= 0.3 is 0 Å². The SMILES string of the molecule is CC(C)CN1CCC2(C=C(C(=O)N(C)C)c3ccccc32)CC1. The molecular weight excluding hydrogens is 284 g/mol. The van der Waals surface area contributed by atoms with Gasteiger partial charge in [0.25, 0.3) is 5.91 Å². The van der Waals surface area contributed by atoms with Crippen molar-refractivity contribution >= 4 is 11.5 Å². The van der Waals surface area contributed by atoms with Crippen LogP contribution in [0.5, 0.6) is 0 Å². The molecule has 0 saturated carbocycles. The Balaban J connectivity index is 1.90. The molecule has 1 saturated heterocycles. The van der Waals surface area contributed by atoms with Crippen LogP contribution < -0.4 is 0 Å². The maximum absolute atomic E-state index is 12.6. The van der Waals surface area contributed by atoms with Crippen molar-refractivity contribution in [3.05, 3.63) is 41.5 Å². The summed E-state index contributed by atoms with van der Waals surface area (Å²) in [5.41, 5.74) is 3.45. The minimum atomic E-state index is 0.0606. The van der Waals surface area contributed by atoms with Gasteiger partial charge in [-0.25, -0.2) is 0 Å². The molecule has 0 radical (unpaired) electrons. The second kappa shape index (κ2) is 6.12. The number of allylic oxidation sites excluding steroid dienone is 1. The molecule has 0 bridgehead atoms. The summed E-state index contributed by atoms with van der Waals surface area (Å²) in [4.78, 5) is 16.8. The molecule has 1 aromatic carbocycles. The van der Waals surface area contributed by atoms with E-state index in [-0.39, 0.29) is 11.3 Å². The van der Waals surface area contributed by atoms with Crippen molar-refractivity contribution in [1.82, 2.24) is 9.80 Å².